The summed E-state index contributed by atoms with van der Waals surface area (Å²) in [7, 11) is 0. The largest absolute Gasteiger partial charge is 0.326 e. The number of halogens is 2. The van der Waals surface area contributed by atoms with Crippen LogP contribution in [0.5, 0.6) is 0 Å². The van der Waals surface area contributed by atoms with Crippen LogP contribution in [0.15, 0.2) is 30.4 Å². The molecule has 1 saturated heterocycles. The molecule has 1 aromatic carbocycles. The minimum Gasteiger partial charge on any atom is -0.326 e. The van der Waals surface area contributed by atoms with Gasteiger partial charge in [-0.3, -0.25) is 19.3 Å². The SMILES string of the molecule is O=C(CCN1C(=O)[C@@H]2[C@H]3C=C[C@@H]([C@@H]4C[C@@H]34)[C@@H]2C1=O)Nc1ccc(Cl)c(Cl)c1. The van der Waals surface area contributed by atoms with Crippen molar-refractivity contribution in [2.45, 2.75) is 12.8 Å². The van der Waals surface area contributed by atoms with E-state index in [9.17, 15) is 14.4 Å². The molecule has 140 valence electrons. The van der Waals surface area contributed by atoms with Crippen LogP contribution in [0.25, 0.3) is 0 Å². The van der Waals surface area contributed by atoms with Crippen molar-refractivity contribution in [2.75, 3.05) is 11.9 Å². The third-order valence-electron chi connectivity index (χ3n) is 6.52. The highest BCUT2D eigenvalue weighted by Gasteiger charge is 2.66. The normalized spacial score (nSPS) is 35.3. The Kier molecular flexibility index (Phi) is 3.89. The van der Waals surface area contributed by atoms with Gasteiger partial charge >= 0.3 is 0 Å². The van der Waals surface area contributed by atoms with Crippen LogP contribution in [0.1, 0.15) is 12.8 Å². The molecule has 1 N–H and O–H groups in total. The van der Waals surface area contributed by atoms with Gasteiger partial charge in [0.25, 0.3) is 0 Å². The molecule has 0 aromatic heterocycles. The quantitative estimate of drug-likeness (QED) is 0.617. The molecule has 0 radical (unpaired) electrons. The Hall–Kier alpha value is -1.85. The molecular formula is C20H18Cl2N2O3. The smallest absolute Gasteiger partial charge is 0.233 e. The highest BCUT2D eigenvalue weighted by Crippen LogP contribution is 2.65. The summed E-state index contributed by atoms with van der Waals surface area (Å²) >= 11 is 11.8. The lowest BCUT2D eigenvalue weighted by atomic mass is 9.63. The predicted molar refractivity (Wildman–Crippen MR) is 101 cm³/mol. The summed E-state index contributed by atoms with van der Waals surface area (Å²) in [5.41, 5.74) is 0.532. The standard InChI is InChI=1S/C20H18Cl2N2O3/c21-14-4-1-9(7-15(14)22)23-16(25)5-6-24-19(26)17-10-2-3-11(13-8-12(10)13)18(17)20(24)27/h1-4,7,10-13,17-18H,5-6,8H2,(H,23,25)/t10-,11-,12-,13-,17-,18+/m0/s1. The molecule has 7 heteroatoms. The fourth-order valence-electron chi connectivity index (χ4n) is 5.25. The van der Waals surface area contributed by atoms with E-state index in [1.807, 2.05) is 0 Å². The van der Waals surface area contributed by atoms with E-state index in [-0.39, 0.29) is 54.4 Å². The summed E-state index contributed by atoms with van der Waals surface area (Å²) in [5, 5.41) is 3.49. The predicted octanol–water partition coefficient (Wildman–Crippen LogP) is 3.38. The number of likely N-dealkylation sites (tertiary alicyclic amines) is 1. The number of nitrogens with zero attached hydrogens (tertiary/aromatic N) is 1. The van der Waals surface area contributed by atoms with Gasteiger partial charge in [-0.25, -0.2) is 0 Å². The van der Waals surface area contributed by atoms with Gasteiger partial charge in [0, 0.05) is 18.7 Å². The Labute approximate surface area is 166 Å². The molecule has 0 unspecified atom stereocenters. The van der Waals surface area contributed by atoms with Crippen LogP contribution in [0.4, 0.5) is 5.69 Å². The molecule has 6 atom stereocenters. The Balaban J connectivity index is 1.24. The number of anilines is 1. The second-order valence-electron chi connectivity index (χ2n) is 7.91. The summed E-state index contributed by atoms with van der Waals surface area (Å²) in [6.07, 6.45) is 5.49. The van der Waals surface area contributed by atoms with Crippen molar-refractivity contribution in [3.05, 3.63) is 40.4 Å². The van der Waals surface area contributed by atoms with Gasteiger partial charge < -0.3 is 5.32 Å². The lowest BCUT2D eigenvalue weighted by Gasteiger charge is -2.37. The Morgan fingerprint density at radius 3 is 2.26 bits per heavy atom. The van der Waals surface area contributed by atoms with Crippen LogP contribution in [-0.2, 0) is 14.4 Å². The van der Waals surface area contributed by atoms with Crippen LogP contribution in [0, 0.1) is 35.5 Å². The Bertz CT molecular complexity index is 863. The highest BCUT2D eigenvalue weighted by atomic mass is 35.5. The fraction of sp³-hybridized carbons (Fsp3) is 0.450. The van der Waals surface area contributed by atoms with E-state index in [1.54, 1.807) is 18.2 Å². The minimum atomic E-state index is -0.271. The summed E-state index contributed by atoms with van der Waals surface area (Å²) in [6.45, 7) is 0.118. The number of hydrogen-bond donors (Lipinski definition) is 1. The van der Waals surface area contributed by atoms with E-state index >= 15 is 0 Å². The average molecular weight is 405 g/mol. The monoisotopic (exact) mass is 404 g/mol. The maximum atomic E-state index is 12.9. The molecule has 1 aliphatic heterocycles. The lowest BCUT2D eigenvalue weighted by molar-refractivity contribution is -0.140. The third kappa shape index (κ3) is 2.63. The van der Waals surface area contributed by atoms with Crippen LogP contribution in [0.2, 0.25) is 10.0 Å². The molecule has 5 aliphatic rings. The highest BCUT2D eigenvalue weighted by molar-refractivity contribution is 6.42. The number of hydrogen-bond acceptors (Lipinski definition) is 3. The van der Waals surface area contributed by atoms with Crippen LogP contribution < -0.4 is 5.32 Å². The maximum Gasteiger partial charge on any atom is 0.233 e. The van der Waals surface area contributed by atoms with Crippen molar-refractivity contribution in [2.24, 2.45) is 35.5 Å². The third-order valence-corrected chi connectivity index (χ3v) is 7.26. The first-order chi connectivity index (χ1) is 13.0. The Morgan fingerprint density at radius 2 is 1.67 bits per heavy atom. The summed E-state index contributed by atoms with van der Waals surface area (Å²) < 4.78 is 0. The molecular weight excluding hydrogens is 387 g/mol. The molecule has 0 spiro atoms. The summed E-state index contributed by atoms with van der Waals surface area (Å²) in [6, 6.07) is 4.83. The van der Waals surface area contributed by atoms with Crippen molar-refractivity contribution in [1.29, 1.82) is 0 Å². The van der Waals surface area contributed by atoms with Crippen molar-refractivity contribution in [3.63, 3.8) is 0 Å². The molecule has 4 aliphatic carbocycles. The van der Waals surface area contributed by atoms with Crippen LogP contribution in [0.3, 0.4) is 0 Å². The molecule has 6 rings (SSSR count). The second-order valence-corrected chi connectivity index (χ2v) is 8.72. The topological polar surface area (TPSA) is 66.5 Å². The van der Waals surface area contributed by atoms with Gasteiger partial charge in [0.05, 0.1) is 21.9 Å². The van der Waals surface area contributed by atoms with Crippen molar-refractivity contribution < 1.29 is 14.4 Å². The number of carbonyl (C=O) groups is 3. The summed E-state index contributed by atoms with van der Waals surface area (Å²) in [5.74, 6) is 0.672. The zero-order valence-corrected chi connectivity index (χ0v) is 15.9. The van der Waals surface area contributed by atoms with Crippen LogP contribution >= 0.6 is 23.2 Å². The first kappa shape index (κ1) is 17.3. The van der Waals surface area contributed by atoms with Gasteiger partial charge in [-0.2, -0.15) is 0 Å². The molecule has 3 amide bonds. The van der Waals surface area contributed by atoms with Gasteiger partial charge in [-0.1, -0.05) is 35.4 Å². The number of amides is 3. The molecule has 2 saturated carbocycles. The number of imide groups is 1. The Morgan fingerprint density at radius 1 is 1.04 bits per heavy atom. The minimum absolute atomic E-state index is 0.0623. The van der Waals surface area contributed by atoms with Crippen molar-refractivity contribution in [3.8, 4) is 0 Å². The number of carbonyl (C=O) groups excluding carboxylic acids is 3. The number of rotatable bonds is 4. The van der Waals surface area contributed by atoms with Gasteiger partial charge in [0.2, 0.25) is 17.7 Å². The van der Waals surface area contributed by atoms with Gasteiger partial charge in [-0.15, -0.1) is 0 Å². The zero-order chi connectivity index (χ0) is 18.9. The first-order valence-electron chi connectivity index (χ1n) is 9.24. The fourth-order valence-corrected chi connectivity index (χ4v) is 5.55. The van der Waals surface area contributed by atoms with E-state index in [4.69, 9.17) is 23.2 Å². The number of benzene rings is 1. The molecule has 1 heterocycles. The first-order valence-corrected chi connectivity index (χ1v) is 10.00. The van der Waals surface area contributed by atoms with E-state index in [2.05, 4.69) is 17.5 Å². The van der Waals surface area contributed by atoms with Gasteiger partial charge in [0.1, 0.15) is 0 Å². The number of nitrogens with one attached hydrogen (secondary N) is 1. The van der Waals surface area contributed by atoms with Crippen molar-refractivity contribution >= 4 is 46.6 Å². The van der Waals surface area contributed by atoms with E-state index in [1.165, 1.54) is 4.90 Å². The van der Waals surface area contributed by atoms with Gasteiger partial charge in [-0.05, 0) is 48.3 Å². The zero-order valence-electron chi connectivity index (χ0n) is 14.4. The summed E-state index contributed by atoms with van der Waals surface area (Å²) in [4.78, 5) is 39.3. The number of allylic oxidation sites excluding steroid dienone is 2. The molecule has 27 heavy (non-hydrogen) atoms. The van der Waals surface area contributed by atoms with Crippen molar-refractivity contribution in [1.82, 2.24) is 4.90 Å². The maximum absolute atomic E-state index is 12.9. The van der Waals surface area contributed by atoms with Gasteiger partial charge in [0.15, 0.2) is 0 Å². The second kappa shape index (κ2) is 6.08. The molecule has 3 fully saturated rings. The molecule has 5 nitrogen and oxygen atoms in total. The van der Waals surface area contributed by atoms with Crippen LogP contribution in [-0.4, -0.2) is 29.2 Å². The average Bonchev–Trinajstić information content (AvgIpc) is 3.42. The molecule has 1 aromatic rings. The molecule has 2 bridgehead atoms. The van der Waals surface area contributed by atoms with E-state index in [0.29, 0.717) is 27.6 Å². The lowest BCUT2D eigenvalue weighted by Crippen LogP contribution is -2.40. The van der Waals surface area contributed by atoms with E-state index in [0.717, 1.165) is 6.42 Å². The van der Waals surface area contributed by atoms with E-state index < -0.39 is 0 Å².